The van der Waals surface area contributed by atoms with E-state index in [4.69, 9.17) is 4.74 Å². The van der Waals surface area contributed by atoms with Crippen molar-refractivity contribution in [3.63, 3.8) is 0 Å². The van der Waals surface area contributed by atoms with Gasteiger partial charge >= 0.3 is 0 Å². The molecule has 0 spiro atoms. The van der Waals surface area contributed by atoms with E-state index in [2.05, 4.69) is 11.9 Å². The fourth-order valence-corrected chi connectivity index (χ4v) is 6.99. The van der Waals surface area contributed by atoms with Crippen molar-refractivity contribution in [2.45, 2.75) is 57.0 Å². The Kier molecular flexibility index (Phi) is 3.20. The van der Waals surface area contributed by atoms with Gasteiger partial charge in [-0.15, -0.1) is 0 Å². The Morgan fingerprint density at radius 3 is 1.95 bits per heavy atom. The molecule has 6 aliphatic rings. The number of hydrogen-bond acceptors (Lipinski definition) is 3. The summed E-state index contributed by atoms with van der Waals surface area (Å²) in [5.41, 5.74) is 0. The minimum Gasteiger partial charge on any atom is -0.378 e. The molecule has 4 saturated carbocycles. The average molecular weight is 303 g/mol. The van der Waals surface area contributed by atoms with Gasteiger partial charge in [0.05, 0.1) is 13.2 Å². The molecule has 0 amide bonds. The molecule has 0 radical (unpaired) electrons. The third-order valence-electron chi connectivity index (χ3n) is 7.84. The third-order valence-corrected chi connectivity index (χ3v) is 7.84. The number of Topliss-reactive ketones (excluding diaryl/α,β-unsaturated/α-hetero) is 1. The number of morpholine rings is 1. The van der Waals surface area contributed by atoms with Crippen LogP contribution in [0.3, 0.4) is 0 Å². The monoisotopic (exact) mass is 303 g/mol. The van der Waals surface area contributed by atoms with E-state index >= 15 is 0 Å². The van der Waals surface area contributed by atoms with Gasteiger partial charge in [0.25, 0.3) is 0 Å². The highest BCUT2D eigenvalue weighted by molar-refractivity contribution is 5.84. The lowest BCUT2D eigenvalue weighted by Crippen LogP contribution is -2.57. The molecule has 0 aromatic carbocycles. The Bertz CT molecular complexity index is 434. The van der Waals surface area contributed by atoms with Gasteiger partial charge in [-0.2, -0.15) is 0 Å². The van der Waals surface area contributed by atoms with Gasteiger partial charge in [0.2, 0.25) is 0 Å². The van der Waals surface area contributed by atoms with Gasteiger partial charge < -0.3 is 4.74 Å². The molecule has 22 heavy (non-hydrogen) atoms. The summed E-state index contributed by atoms with van der Waals surface area (Å²) in [7, 11) is 2.22. The molecule has 3 nitrogen and oxygen atoms in total. The van der Waals surface area contributed by atoms with Crippen LogP contribution in [0.15, 0.2) is 0 Å². The minimum atomic E-state index is 0.331. The first-order chi connectivity index (χ1) is 10.7. The van der Waals surface area contributed by atoms with E-state index in [1.165, 1.54) is 32.1 Å². The summed E-state index contributed by atoms with van der Waals surface area (Å²) in [5.74, 6) is 4.87. The van der Waals surface area contributed by atoms with Gasteiger partial charge in [-0.25, -0.2) is 0 Å². The zero-order chi connectivity index (χ0) is 14.8. The summed E-state index contributed by atoms with van der Waals surface area (Å²) in [6, 6.07) is 0.969. The molecule has 0 N–H and O–H groups in total. The van der Waals surface area contributed by atoms with E-state index in [1.807, 2.05) is 0 Å². The quantitative estimate of drug-likeness (QED) is 0.785. The standard InChI is InChI=1S/C19H29NO2/c1-20-16-7-15(8-17(20)10-22-9-16)19(21)18-13-3-11-2-12(5-13)6-14(18)4-11/h11-18H,2-10H2,1H3. The van der Waals surface area contributed by atoms with E-state index < -0.39 is 0 Å². The number of ketones is 1. The largest absolute Gasteiger partial charge is 0.378 e. The molecule has 2 atom stereocenters. The number of likely N-dealkylation sites (N-methyl/N-ethyl adjacent to an activating group) is 1. The molecule has 4 aliphatic carbocycles. The Balaban J connectivity index is 1.34. The number of fused-ring (bicyclic) bond motifs is 2. The van der Waals surface area contributed by atoms with E-state index in [9.17, 15) is 4.79 Å². The van der Waals surface area contributed by atoms with Crippen molar-refractivity contribution in [2.24, 2.45) is 35.5 Å². The van der Waals surface area contributed by atoms with Crippen LogP contribution >= 0.6 is 0 Å². The van der Waals surface area contributed by atoms with Gasteiger partial charge in [0, 0.05) is 23.9 Å². The number of carbonyl (C=O) groups is 1. The highest BCUT2D eigenvalue weighted by Gasteiger charge is 2.52. The summed E-state index contributed by atoms with van der Waals surface area (Å²) in [6.45, 7) is 1.66. The molecule has 6 rings (SSSR count). The Morgan fingerprint density at radius 1 is 0.864 bits per heavy atom. The van der Waals surface area contributed by atoms with E-state index in [1.54, 1.807) is 0 Å². The zero-order valence-electron chi connectivity index (χ0n) is 13.7. The first-order valence-corrected chi connectivity index (χ1v) is 9.52. The summed E-state index contributed by atoms with van der Waals surface area (Å²) in [5, 5.41) is 0. The summed E-state index contributed by atoms with van der Waals surface area (Å²) in [4.78, 5) is 15.8. The van der Waals surface area contributed by atoms with Crippen molar-refractivity contribution >= 4 is 5.78 Å². The Labute approximate surface area is 133 Å². The molecule has 2 heterocycles. The first kappa shape index (κ1) is 14.0. The first-order valence-electron chi connectivity index (χ1n) is 9.52. The fraction of sp³-hybridized carbons (Fsp3) is 0.947. The van der Waals surface area contributed by atoms with Crippen LogP contribution in [0.5, 0.6) is 0 Å². The summed E-state index contributed by atoms with van der Waals surface area (Å²) in [6.07, 6.45) is 9.04. The molecule has 122 valence electrons. The molecule has 0 aromatic rings. The van der Waals surface area contributed by atoms with E-state index in [-0.39, 0.29) is 0 Å². The normalized spacial score (nSPS) is 53.7. The molecule has 2 saturated heterocycles. The van der Waals surface area contributed by atoms with E-state index in [0.29, 0.717) is 29.7 Å². The second-order valence-corrected chi connectivity index (χ2v) is 9.04. The van der Waals surface area contributed by atoms with Crippen LogP contribution in [0.2, 0.25) is 0 Å². The molecule has 2 unspecified atom stereocenters. The predicted octanol–water partition coefficient (Wildman–Crippen LogP) is 2.74. The zero-order valence-corrected chi connectivity index (χ0v) is 13.7. The molecule has 6 fully saturated rings. The van der Waals surface area contributed by atoms with Crippen molar-refractivity contribution in [3.05, 3.63) is 0 Å². The number of carbonyl (C=O) groups excluding carboxylic acids is 1. The van der Waals surface area contributed by atoms with Crippen molar-refractivity contribution in [1.82, 2.24) is 4.90 Å². The Morgan fingerprint density at radius 2 is 1.41 bits per heavy atom. The van der Waals surface area contributed by atoms with Crippen molar-refractivity contribution < 1.29 is 9.53 Å². The number of hydrogen-bond donors (Lipinski definition) is 0. The summed E-state index contributed by atoms with van der Waals surface area (Å²) >= 11 is 0. The highest BCUT2D eigenvalue weighted by Crippen LogP contribution is 2.57. The van der Waals surface area contributed by atoms with E-state index in [0.717, 1.165) is 49.7 Å². The van der Waals surface area contributed by atoms with Crippen LogP contribution in [0.25, 0.3) is 0 Å². The Hall–Kier alpha value is -0.410. The van der Waals surface area contributed by atoms with Crippen molar-refractivity contribution in [1.29, 1.82) is 0 Å². The SMILES string of the molecule is CN1C2COCC1CC(C(=O)C1C3CC4CC(C3)CC1C4)C2. The van der Waals surface area contributed by atoms with Crippen LogP contribution in [0.4, 0.5) is 0 Å². The number of nitrogens with zero attached hydrogens (tertiary/aromatic N) is 1. The highest BCUT2D eigenvalue weighted by atomic mass is 16.5. The maximum absolute atomic E-state index is 13.4. The number of piperidine rings is 1. The maximum Gasteiger partial charge on any atom is 0.139 e. The lowest BCUT2D eigenvalue weighted by molar-refractivity contribution is -0.147. The molecular weight excluding hydrogens is 274 g/mol. The maximum atomic E-state index is 13.4. The molecule has 3 heteroatoms. The van der Waals surface area contributed by atoms with Gasteiger partial charge in [0.1, 0.15) is 5.78 Å². The summed E-state index contributed by atoms with van der Waals surface area (Å²) < 4.78 is 5.72. The van der Waals surface area contributed by atoms with Crippen molar-refractivity contribution in [3.8, 4) is 0 Å². The van der Waals surface area contributed by atoms with Gasteiger partial charge in [-0.05, 0) is 75.7 Å². The molecular formula is C19H29NO2. The van der Waals surface area contributed by atoms with Gasteiger partial charge in [0.15, 0.2) is 0 Å². The van der Waals surface area contributed by atoms with Crippen LogP contribution in [-0.4, -0.2) is 43.0 Å². The van der Waals surface area contributed by atoms with Crippen LogP contribution in [0.1, 0.15) is 44.9 Å². The lowest BCUT2D eigenvalue weighted by Gasteiger charge is -2.55. The minimum absolute atomic E-state index is 0.331. The van der Waals surface area contributed by atoms with Crippen LogP contribution in [0, 0.1) is 35.5 Å². The van der Waals surface area contributed by atoms with Crippen molar-refractivity contribution in [2.75, 3.05) is 20.3 Å². The predicted molar refractivity (Wildman–Crippen MR) is 84.4 cm³/mol. The third kappa shape index (κ3) is 2.04. The average Bonchev–Trinajstić information content (AvgIpc) is 2.45. The van der Waals surface area contributed by atoms with Gasteiger partial charge in [-0.1, -0.05) is 0 Å². The topological polar surface area (TPSA) is 29.5 Å². The molecule has 0 aromatic heterocycles. The van der Waals surface area contributed by atoms with Crippen LogP contribution < -0.4 is 0 Å². The number of rotatable bonds is 2. The second kappa shape index (κ2) is 5.04. The molecule has 6 bridgehead atoms. The fourth-order valence-electron chi connectivity index (χ4n) is 6.99. The smallest absolute Gasteiger partial charge is 0.139 e. The second-order valence-electron chi connectivity index (χ2n) is 9.04. The molecule has 2 aliphatic heterocycles. The van der Waals surface area contributed by atoms with Gasteiger partial charge in [-0.3, -0.25) is 9.69 Å². The lowest BCUT2D eigenvalue weighted by atomic mass is 9.50. The number of ether oxygens (including phenoxy) is 1. The van der Waals surface area contributed by atoms with Crippen LogP contribution in [-0.2, 0) is 9.53 Å².